The highest BCUT2D eigenvalue weighted by Crippen LogP contribution is 2.40. The van der Waals surface area contributed by atoms with E-state index in [0.29, 0.717) is 50.0 Å². The molecule has 0 aromatic heterocycles. The van der Waals surface area contributed by atoms with E-state index < -0.39 is 0 Å². The molecule has 0 aliphatic carbocycles. The Labute approximate surface area is 152 Å². The third-order valence-corrected chi connectivity index (χ3v) is 4.39. The van der Waals surface area contributed by atoms with E-state index in [9.17, 15) is 4.79 Å². The molecule has 0 atom stereocenters. The maximum atomic E-state index is 12.5. The van der Waals surface area contributed by atoms with Crippen LogP contribution in [0, 0.1) is 0 Å². The smallest absolute Gasteiger partial charge is 0.292 e. The molecular formula is C19H23NO6. The number of carbonyl (C=O) groups is 1. The van der Waals surface area contributed by atoms with Crippen LogP contribution in [0.2, 0.25) is 0 Å². The minimum absolute atomic E-state index is 0.159. The summed E-state index contributed by atoms with van der Waals surface area (Å²) >= 11 is 0. The first kappa shape index (κ1) is 18.0. The maximum Gasteiger partial charge on any atom is 0.292 e. The highest BCUT2D eigenvalue weighted by molar-refractivity contribution is 5.92. The highest BCUT2D eigenvalue weighted by Gasteiger charge is 2.26. The van der Waals surface area contributed by atoms with Gasteiger partial charge in [-0.2, -0.15) is 0 Å². The van der Waals surface area contributed by atoms with E-state index in [0.717, 1.165) is 11.1 Å². The fourth-order valence-electron chi connectivity index (χ4n) is 3.04. The molecule has 26 heavy (non-hydrogen) atoms. The first-order chi connectivity index (χ1) is 12.7. The molecule has 0 saturated heterocycles. The van der Waals surface area contributed by atoms with Gasteiger partial charge in [0.25, 0.3) is 5.91 Å². The van der Waals surface area contributed by atoms with Crippen LogP contribution in [0.4, 0.5) is 0 Å². The molecule has 0 bridgehead atoms. The van der Waals surface area contributed by atoms with Crippen LogP contribution < -0.4 is 14.2 Å². The van der Waals surface area contributed by atoms with Crippen LogP contribution in [-0.4, -0.2) is 58.4 Å². The van der Waals surface area contributed by atoms with Crippen molar-refractivity contribution in [3.63, 3.8) is 0 Å². The fourth-order valence-corrected chi connectivity index (χ4v) is 3.04. The zero-order chi connectivity index (χ0) is 18.5. The maximum absolute atomic E-state index is 12.5. The van der Waals surface area contributed by atoms with Crippen LogP contribution in [0.25, 0.3) is 5.57 Å². The summed E-state index contributed by atoms with van der Waals surface area (Å²) in [7, 11) is 4.83. The van der Waals surface area contributed by atoms with Gasteiger partial charge in [0.2, 0.25) is 5.76 Å². The van der Waals surface area contributed by atoms with Gasteiger partial charge in [-0.05, 0) is 12.0 Å². The summed E-state index contributed by atoms with van der Waals surface area (Å²) in [5.74, 6) is 2.12. The molecule has 2 heterocycles. The Balaban J connectivity index is 1.83. The Bertz CT molecular complexity index is 715. The average Bonchev–Trinajstić information content (AvgIpc) is 2.72. The lowest BCUT2D eigenvalue weighted by Gasteiger charge is -2.29. The van der Waals surface area contributed by atoms with Gasteiger partial charge in [0.15, 0.2) is 0 Å². The predicted octanol–water partition coefficient (Wildman–Crippen LogP) is 2.22. The lowest BCUT2D eigenvalue weighted by molar-refractivity contribution is -0.131. The zero-order valence-corrected chi connectivity index (χ0v) is 15.2. The molecule has 0 saturated carbocycles. The van der Waals surface area contributed by atoms with E-state index in [1.165, 1.54) is 6.26 Å². The van der Waals surface area contributed by atoms with Crippen molar-refractivity contribution in [1.29, 1.82) is 0 Å². The van der Waals surface area contributed by atoms with E-state index in [4.69, 9.17) is 23.7 Å². The van der Waals surface area contributed by atoms with Gasteiger partial charge in [-0.15, -0.1) is 0 Å². The number of benzene rings is 1. The van der Waals surface area contributed by atoms with Gasteiger partial charge in [-0.25, -0.2) is 0 Å². The number of carbonyl (C=O) groups excluding carboxylic acids is 1. The lowest BCUT2D eigenvalue weighted by Crippen LogP contribution is -2.37. The summed E-state index contributed by atoms with van der Waals surface area (Å²) < 4.78 is 26.9. The molecule has 140 valence electrons. The standard InChI is InChI=1S/C19H23NO6/c1-22-14-10-15(23-2)18(16(11-14)24-3)13-4-6-20(7-5-13)19(21)17-12-25-8-9-26-17/h4,10-12H,5-9H2,1-3H3. The second-order valence-electron chi connectivity index (χ2n) is 5.84. The van der Waals surface area contributed by atoms with E-state index in [1.54, 1.807) is 26.2 Å². The molecule has 0 radical (unpaired) electrons. The van der Waals surface area contributed by atoms with Crippen LogP contribution in [0.1, 0.15) is 12.0 Å². The summed E-state index contributed by atoms with van der Waals surface area (Å²) in [6, 6.07) is 3.66. The Kier molecular flexibility index (Phi) is 5.55. The van der Waals surface area contributed by atoms with Gasteiger partial charge in [-0.1, -0.05) is 6.08 Å². The largest absolute Gasteiger partial charge is 0.496 e. The SMILES string of the molecule is COc1cc(OC)c(C2=CCN(C(=O)C3=COCCO3)CC2)c(OC)c1. The molecule has 0 N–H and O–H groups in total. The van der Waals surface area contributed by atoms with Crippen LogP contribution in [0.5, 0.6) is 17.2 Å². The fraction of sp³-hybridized carbons (Fsp3) is 0.421. The molecular weight excluding hydrogens is 338 g/mol. The van der Waals surface area contributed by atoms with Gasteiger partial charge in [0.05, 0.1) is 26.9 Å². The molecule has 2 aliphatic heterocycles. The van der Waals surface area contributed by atoms with Crippen molar-refractivity contribution >= 4 is 11.5 Å². The summed E-state index contributed by atoms with van der Waals surface area (Å²) in [6.07, 6.45) is 4.08. The van der Waals surface area contributed by atoms with Crippen molar-refractivity contribution in [2.45, 2.75) is 6.42 Å². The molecule has 2 aliphatic rings. The third kappa shape index (κ3) is 3.56. The van der Waals surface area contributed by atoms with Crippen molar-refractivity contribution in [2.24, 2.45) is 0 Å². The van der Waals surface area contributed by atoms with Gasteiger partial charge in [0, 0.05) is 25.2 Å². The lowest BCUT2D eigenvalue weighted by atomic mass is 9.97. The first-order valence-electron chi connectivity index (χ1n) is 8.41. The van der Waals surface area contributed by atoms with E-state index in [1.807, 2.05) is 18.2 Å². The Morgan fingerprint density at radius 3 is 2.31 bits per heavy atom. The molecule has 1 aromatic rings. The number of amides is 1. The number of methoxy groups -OCH3 is 3. The van der Waals surface area contributed by atoms with Gasteiger partial charge < -0.3 is 28.6 Å². The van der Waals surface area contributed by atoms with Gasteiger partial charge >= 0.3 is 0 Å². The first-order valence-corrected chi connectivity index (χ1v) is 8.41. The number of ether oxygens (including phenoxy) is 5. The summed E-state index contributed by atoms with van der Waals surface area (Å²) in [5, 5.41) is 0. The van der Waals surface area contributed by atoms with Gasteiger partial charge in [0.1, 0.15) is 36.7 Å². The predicted molar refractivity (Wildman–Crippen MR) is 95.3 cm³/mol. The molecule has 1 amide bonds. The molecule has 1 aromatic carbocycles. The van der Waals surface area contributed by atoms with Crippen molar-refractivity contribution in [3.8, 4) is 17.2 Å². The van der Waals surface area contributed by atoms with E-state index >= 15 is 0 Å². The highest BCUT2D eigenvalue weighted by atomic mass is 16.6. The van der Waals surface area contributed by atoms with Crippen molar-refractivity contribution in [3.05, 3.63) is 35.8 Å². The molecule has 0 spiro atoms. The van der Waals surface area contributed by atoms with Crippen LogP contribution in [0.15, 0.2) is 30.2 Å². The van der Waals surface area contributed by atoms with Crippen molar-refractivity contribution < 1.29 is 28.5 Å². The summed E-state index contributed by atoms with van der Waals surface area (Å²) in [5.41, 5.74) is 1.96. The normalized spacial score (nSPS) is 16.7. The monoisotopic (exact) mass is 361 g/mol. The summed E-state index contributed by atoms with van der Waals surface area (Å²) in [6.45, 7) is 1.92. The molecule has 7 nitrogen and oxygen atoms in total. The Morgan fingerprint density at radius 1 is 1.08 bits per heavy atom. The molecule has 0 unspecified atom stereocenters. The average molecular weight is 361 g/mol. The number of hydrogen-bond acceptors (Lipinski definition) is 6. The van der Waals surface area contributed by atoms with Crippen molar-refractivity contribution in [2.75, 3.05) is 47.6 Å². The quantitative estimate of drug-likeness (QED) is 0.801. The Morgan fingerprint density at radius 2 is 1.81 bits per heavy atom. The molecule has 7 heteroatoms. The summed E-state index contributed by atoms with van der Waals surface area (Å²) in [4.78, 5) is 14.2. The van der Waals surface area contributed by atoms with Crippen LogP contribution in [0.3, 0.4) is 0 Å². The van der Waals surface area contributed by atoms with Gasteiger partial charge in [-0.3, -0.25) is 4.79 Å². The number of rotatable bonds is 5. The number of hydrogen-bond donors (Lipinski definition) is 0. The third-order valence-electron chi connectivity index (χ3n) is 4.39. The van der Waals surface area contributed by atoms with Crippen LogP contribution >= 0.6 is 0 Å². The van der Waals surface area contributed by atoms with Crippen LogP contribution in [-0.2, 0) is 14.3 Å². The zero-order valence-electron chi connectivity index (χ0n) is 15.2. The second-order valence-corrected chi connectivity index (χ2v) is 5.84. The second kappa shape index (κ2) is 8.03. The minimum Gasteiger partial charge on any atom is -0.496 e. The molecule has 3 rings (SSSR count). The topological polar surface area (TPSA) is 66.5 Å². The van der Waals surface area contributed by atoms with Crippen molar-refractivity contribution in [1.82, 2.24) is 4.90 Å². The Hall–Kier alpha value is -2.83. The molecule has 0 fully saturated rings. The van der Waals surface area contributed by atoms with E-state index in [2.05, 4.69) is 0 Å². The number of nitrogens with zero attached hydrogens (tertiary/aromatic N) is 1. The van der Waals surface area contributed by atoms with E-state index in [-0.39, 0.29) is 11.7 Å². The minimum atomic E-state index is -0.159.